The molecular formula is C28H36BrNO4. The van der Waals surface area contributed by atoms with Crippen LogP contribution in [-0.2, 0) is 14.3 Å². The number of carbonyl (C=O) groups is 1. The zero-order valence-corrected chi connectivity index (χ0v) is 21.3. The lowest BCUT2D eigenvalue weighted by Gasteiger charge is -2.40. The monoisotopic (exact) mass is 529 g/mol. The van der Waals surface area contributed by atoms with Gasteiger partial charge in [-0.3, -0.25) is 9.69 Å². The summed E-state index contributed by atoms with van der Waals surface area (Å²) in [6.07, 6.45) is 6.08. The van der Waals surface area contributed by atoms with E-state index in [0.717, 1.165) is 62.6 Å². The maximum Gasteiger partial charge on any atom is 0.316 e. The average Bonchev–Trinajstić information content (AvgIpc) is 3.09. The second kappa shape index (κ2) is 12.8. The molecule has 2 bridgehead atoms. The third kappa shape index (κ3) is 6.48. The molecule has 2 saturated heterocycles. The molecule has 0 spiro atoms. The molecule has 2 heterocycles. The summed E-state index contributed by atoms with van der Waals surface area (Å²) in [5.41, 5.74) is 2.03. The summed E-state index contributed by atoms with van der Waals surface area (Å²) >= 11 is 3.50. The van der Waals surface area contributed by atoms with Crippen molar-refractivity contribution in [1.29, 1.82) is 0 Å². The molecule has 0 aromatic heterocycles. The van der Waals surface area contributed by atoms with Crippen LogP contribution in [0.1, 0.15) is 61.7 Å². The number of hydrogen-bond donors (Lipinski definition) is 1. The topological polar surface area (TPSA) is 59.0 Å². The van der Waals surface area contributed by atoms with Gasteiger partial charge in [-0.15, -0.1) is 0 Å². The SMILES string of the molecule is O=C(O[C@H]1C[C@H]2CC[C@@H](C1)N2CC(OCCCCBr)c1ccccc1)C(CO)c1ccccc1. The van der Waals surface area contributed by atoms with Crippen molar-refractivity contribution in [2.45, 2.75) is 68.7 Å². The number of aliphatic hydroxyl groups excluding tert-OH is 1. The fourth-order valence-electron chi connectivity index (χ4n) is 5.40. The molecule has 6 heteroatoms. The number of esters is 1. The highest BCUT2D eigenvalue weighted by Gasteiger charge is 2.43. The Morgan fingerprint density at radius 3 is 2.18 bits per heavy atom. The largest absolute Gasteiger partial charge is 0.462 e. The number of aliphatic hydroxyl groups is 1. The minimum atomic E-state index is -0.618. The summed E-state index contributed by atoms with van der Waals surface area (Å²) in [5, 5.41) is 10.8. The molecule has 34 heavy (non-hydrogen) atoms. The Kier molecular flexibility index (Phi) is 9.57. The summed E-state index contributed by atoms with van der Waals surface area (Å²) < 4.78 is 12.3. The zero-order chi connectivity index (χ0) is 23.8. The lowest BCUT2D eigenvalue weighted by molar-refractivity contribution is -0.156. The number of fused-ring (bicyclic) bond motifs is 2. The van der Waals surface area contributed by atoms with Crippen LogP contribution in [0.4, 0.5) is 0 Å². The minimum absolute atomic E-state index is 0.0515. The Hall–Kier alpha value is -1.73. The molecule has 2 aromatic carbocycles. The lowest BCUT2D eigenvalue weighted by Crippen LogP contribution is -2.48. The Morgan fingerprint density at radius 2 is 1.59 bits per heavy atom. The summed E-state index contributed by atoms with van der Waals surface area (Å²) in [6, 6.07) is 20.7. The van der Waals surface area contributed by atoms with Crippen LogP contribution in [0.5, 0.6) is 0 Å². The van der Waals surface area contributed by atoms with Crippen molar-refractivity contribution in [3.8, 4) is 0 Å². The molecule has 2 aliphatic rings. The van der Waals surface area contributed by atoms with Gasteiger partial charge in [0, 0.05) is 43.4 Å². The van der Waals surface area contributed by atoms with Gasteiger partial charge in [-0.05, 0) is 36.8 Å². The molecule has 1 N–H and O–H groups in total. The number of rotatable bonds is 12. The number of nitrogens with zero attached hydrogens (tertiary/aromatic N) is 1. The molecule has 0 aliphatic carbocycles. The smallest absolute Gasteiger partial charge is 0.316 e. The van der Waals surface area contributed by atoms with E-state index in [1.54, 1.807) is 0 Å². The van der Waals surface area contributed by atoms with Gasteiger partial charge in [0.1, 0.15) is 12.0 Å². The standard InChI is InChI=1S/C28H36BrNO4/c29-15-7-8-16-33-27(22-11-5-2-6-12-22)19-30-23-13-14-24(30)18-25(17-23)34-28(32)26(20-31)21-9-3-1-4-10-21/h1-6,9-12,23-27,31H,7-8,13-20H2/t23-,24+,25+,26?,27?. The number of ether oxygens (including phenoxy) is 2. The molecule has 184 valence electrons. The van der Waals surface area contributed by atoms with Crippen LogP contribution in [0.2, 0.25) is 0 Å². The van der Waals surface area contributed by atoms with Crippen LogP contribution in [-0.4, -0.2) is 59.3 Å². The van der Waals surface area contributed by atoms with E-state index in [-0.39, 0.29) is 24.8 Å². The first-order valence-corrected chi connectivity index (χ1v) is 13.7. The molecule has 0 amide bonds. The molecule has 2 fully saturated rings. The van der Waals surface area contributed by atoms with Gasteiger partial charge in [0.05, 0.1) is 12.7 Å². The molecular weight excluding hydrogens is 494 g/mol. The zero-order valence-electron chi connectivity index (χ0n) is 19.7. The summed E-state index contributed by atoms with van der Waals surface area (Å²) in [5.74, 6) is -0.934. The van der Waals surface area contributed by atoms with Crippen LogP contribution in [0.25, 0.3) is 0 Å². The van der Waals surface area contributed by atoms with Gasteiger partial charge in [0.25, 0.3) is 0 Å². The average molecular weight is 531 g/mol. The van der Waals surface area contributed by atoms with E-state index in [9.17, 15) is 9.90 Å². The molecule has 0 saturated carbocycles. The van der Waals surface area contributed by atoms with Crippen molar-refractivity contribution in [2.75, 3.05) is 25.1 Å². The third-order valence-electron chi connectivity index (χ3n) is 7.19. The van der Waals surface area contributed by atoms with Crippen molar-refractivity contribution < 1.29 is 19.4 Å². The van der Waals surface area contributed by atoms with E-state index in [4.69, 9.17) is 9.47 Å². The van der Waals surface area contributed by atoms with Gasteiger partial charge < -0.3 is 14.6 Å². The molecule has 2 aliphatic heterocycles. The van der Waals surface area contributed by atoms with Crippen LogP contribution in [0.15, 0.2) is 60.7 Å². The van der Waals surface area contributed by atoms with Gasteiger partial charge in [0.2, 0.25) is 0 Å². The summed E-state index contributed by atoms with van der Waals surface area (Å²) in [6.45, 7) is 1.40. The Morgan fingerprint density at radius 1 is 0.971 bits per heavy atom. The van der Waals surface area contributed by atoms with E-state index < -0.39 is 5.92 Å². The normalized spacial score (nSPS) is 24.0. The van der Waals surface area contributed by atoms with Crippen LogP contribution in [0.3, 0.4) is 0 Å². The van der Waals surface area contributed by atoms with E-state index in [1.807, 2.05) is 36.4 Å². The van der Waals surface area contributed by atoms with Crippen molar-refractivity contribution >= 4 is 21.9 Å². The molecule has 2 aromatic rings. The van der Waals surface area contributed by atoms with E-state index in [0.29, 0.717) is 12.1 Å². The minimum Gasteiger partial charge on any atom is -0.462 e. The number of piperidine rings is 1. The quantitative estimate of drug-likeness (QED) is 0.231. The fraction of sp³-hybridized carbons (Fsp3) is 0.536. The van der Waals surface area contributed by atoms with Gasteiger partial charge >= 0.3 is 5.97 Å². The lowest BCUT2D eigenvalue weighted by atomic mass is 9.97. The third-order valence-corrected chi connectivity index (χ3v) is 7.75. The maximum absolute atomic E-state index is 12.9. The fourth-order valence-corrected chi connectivity index (χ4v) is 5.80. The Bertz CT molecular complexity index is 866. The van der Waals surface area contributed by atoms with Crippen molar-refractivity contribution in [3.05, 3.63) is 71.8 Å². The van der Waals surface area contributed by atoms with Crippen LogP contribution in [0, 0.1) is 0 Å². The summed E-state index contributed by atoms with van der Waals surface area (Å²) in [7, 11) is 0. The summed E-state index contributed by atoms with van der Waals surface area (Å²) in [4.78, 5) is 15.5. The Balaban J connectivity index is 1.36. The second-order valence-corrected chi connectivity index (χ2v) is 10.2. The highest BCUT2D eigenvalue weighted by atomic mass is 79.9. The van der Waals surface area contributed by atoms with E-state index >= 15 is 0 Å². The second-order valence-electron chi connectivity index (χ2n) is 9.42. The predicted octanol–water partition coefficient (Wildman–Crippen LogP) is 5.23. The first-order valence-electron chi connectivity index (χ1n) is 12.5. The highest BCUT2D eigenvalue weighted by Crippen LogP contribution is 2.39. The predicted molar refractivity (Wildman–Crippen MR) is 137 cm³/mol. The van der Waals surface area contributed by atoms with Crippen LogP contribution >= 0.6 is 15.9 Å². The maximum atomic E-state index is 12.9. The van der Waals surface area contributed by atoms with Crippen molar-refractivity contribution in [3.63, 3.8) is 0 Å². The first kappa shape index (κ1) is 25.4. The van der Waals surface area contributed by atoms with E-state index in [1.165, 1.54) is 5.56 Å². The number of alkyl halides is 1. The molecule has 4 rings (SSSR count). The van der Waals surface area contributed by atoms with Crippen molar-refractivity contribution in [2.24, 2.45) is 0 Å². The molecule has 5 nitrogen and oxygen atoms in total. The number of hydrogen-bond acceptors (Lipinski definition) is 5. The number of unbranched alkanes of at least 4 members (excludes halogenated alkanes) is 1. The van der Waals surface area contributed by atoms with E-state index in [2.05, 4.69) is 45.1 Å². The molecule has 2 unspecified atom stereocenters. The number of halogens is 1. The Labute approximate surface area is 211 Å². The first-order chi connectivity index (χ1) is 16.7. The van der Waals surface area contributed by atoms with Gasteiger partial charge in [-0.2, -0.15) is 0 Å². The van der Waals surface area contributed by atoms with Crippen LogP contribution < -0.4 is 0 Å². The van der Waals surface area contributed by atoms with Gasteiger partial charge in [-0.25, -0.2) is 0 Å². The number of carbonyl (C=O) groups excluding carboxylic acids is 1. The molecule has 0 radical (unpaired) electrons. The number of benzene rings is 2. The van der Waals surface area contributed by atoms with Crippen molar-refractivity contribution in [1.82, 2.24) is 4.90 Å². The highest BCUT2D eigenvalue weighted by molar-refractivity contribution is 9.09. The van der Waals surface area contributed by atoms with Gasteiger partial charge in [-0.1, -0.05) is 76.6 Å². The molecule has 5 atom stereocenters. The van der Waals surface area contributed by atoms with Gasteiger partial charge in [0.15, 0.2) is 0 Å².